The highest BCUT2D eigenvalue weighted by atomic mass is 16.1. The minimum Gasteiger partial charge on any atom is -0.350 e. The molecule has 0 saturated heterocycles. The molecule has 60 valence electrons. The molecule has 1 aliphatic rings. The van der Waals surface area contributed by atoms with Gasteiger partial charge in [0.05, 0.1) is 0 Å². The number of hydrogen-bond acceptors (Lipinski definition) is 1. The Bertz CT molecular complexity index is 184. The minimum absolute atomic E-state index is 0.0645. The topological polar surface area (TPSA) is 29.1 Å². The Labute approximate surface area is 67.0 Å². The van der Waals surface area contributed by atoms with Gasteiger partial charge in [-0.3, -0.25) is 4.79 Å². The number of carbonyl (C=O) groups excluding carboxylic acids is 1. The third kappa shape index (κ3) is 2.58. The Balaban J connectivity index is 2.31. The predicted molar refractivity (Wildman–Crippen MR) is 45.1 cm³/mol. The molecule has 2 heteroatoms. The lowest BCUT2D eigenvalue weighted by Crippen LogP contribution is -2.33. The highest BCUT2D eigenvalue weighted by Crippen LogP contribution is 2.09. The first kappa shape index (κ1) is 8.05. The number of carbonyl (C=O) groups is 1. The van der Waals surface area contributed by atoms with Gasteiger partial charge in [-0.15, -0.1) is 0 Å². The molecule has 0 fully saturated rings. The fraction of sp³-hybridized carbons (Fsp3) is 0.444. The van der Waals surface area contributed by atoms with Gasteiger partial charge >= 0.3 is 0 Å². The molecule has 1 aliphatic carbocycles. The van der Waals surface area contributed by atoms with E-state index in [0.717, 1.165) is 19.3 Å². The fourth-order valence-corrected chi connectivity index (χ4v) is 1.18. The predicted octanol–water partition coefficient (Wildman–Crippen LogP) is 1.40. The average Bonchev–Trinajstić information content (AvgIpc) is 2.06. The van der Waals surface area contributed by atoms with Crippen LogP contribution >= 0.6 is 0 Å². The summed E-state index contributed by atoms with van der Waals surface area (Å²) in [5, 5.41) is 2.86. The van der Waals surface area contributed by atoms with Crippen LogP contribution in [0.1, 0.15) is 19.3 Å². The van der Waals surface area contributed by atoms with Gasteiger partial charge in [0.25, 0.3) is 0 Å². The van der Waals surface area contributed by atoms with Crippen LogP contribution < -0.4 is 5.32 Å². The molecular formula is C9H13NO. The van der Waals surface area contributed by atoms with Crippen LogP contribution in [0.25, 0.3) is 0 Å². The van der Waals surface area contributed by atoms with E-state index in [1.807, 2.05) is 0 Å². The summed E-state index contributed by atoms with van der Waals surface area (Å²) in [6.45, 7) is 3.40. The smallest absolute Gasteiger partial charge is 0.243 e. The van der Waals surface area contributed by atoms with Gasteiger partial charge in [-0.05, 0) is 25.3 Å². The second kappa shape index (κ2) is 3.96. The van der Waals surface area contributed by atoms with Crippen molar-refractivity contribution in [3.05, 3.63) is 24.8 Å². The molecule has 0 bridgehead atoms. The number of allylic oxidation sites excluding steroid dienone is 1. The number of hydrogen-bond donors (Lipinski definition) is 1. The third-order valence-electron chi connectivity index (χ3n) is 1.80. The van der Waals surface area contributed by atoms with Gasteiger partial charge in [0.2, 0.25) is 5.91 Å². The Hall–Kier alpha value is -1.05. The van der Waals surface area contributed by atoms with E-state index in [1.165, 1.54) is 6.08 Å². The number of amides is 1. The van der Waals surface area contributed by atoms with Crippen molar-refractivity contribution in [2.24, 2.45) is 0 Å². The second-order valence-corrected chi connectivity index (χ2v) is 2.69. The Morgan fingerprint density at radius 3 is 3.00 bits per heavy atom. The Morgan fingerprint density at radius 2 is 2.45 bits per heavy atom. The highest BCUT2D eigenvalue weighted by Gasteiger charge is 2.09. The van der Waals surface area contributed by atoms with E-state index < -0.39 is 0 Å². The van der Waals surface area contributed by atoms with E-state index >= 15 is 0 Å². The summed E-state index contributed by atoms with van der Waals surface area (Å²) in [5.74, 6) is -0.0645. The van der Waals surface area contributed by atoms with Gasteiger partial charge in [-0.1, -0.05) is 18.7 Å². The maximum absolute atomic E-state index is 10.8. The highest BCUT2D eigenvalue weighted by molar-refractivity contribution is 5.87. The van der Waals surface area contributed by atoms with Crippen LogP contribution in [0.15, 0.2) is 24.8 Å². The van der Waals surface area contributed by atoms with Gasteiger partial charge in [0.1, 0.15) is 0 Å². The summed E-state index contributed by atoms with van der Waals surface area (Å²) in [6, 6.07) is 0.325. The zero-order chi connectivity index (χ0) is 8.10. The quantitative estimate of drug-likeness (QED) is 0.469. The Morgan fingerprint density at radius 1 is 1.64 bits per heavy atom. The summed E-state index contributed by atoms with van der Waals surface area (Å²) >= 11 is 0. The fourth-order valence-electron chi connectivity index (χ4n) is 1.18. The van der Waals surface area contributed by atoms with Crippen LogP contribution in [0.3, 0.4) is 0 Å². The van der Waals surface area contributed by atoms with Crippen LogP contribution in [0.5, 0.6) is 0 Å². The van der Waals surface area contributed by atoms with Crippen molar-refractivity contribution in [2.75, 3.05) is 0 Å². The minimum atomic E-state index is -0.0645. The summed E-state index contributed by atoms with van der Waals surface area (Å²) in [5.41, 5.74) is 0. The summed E-state index contributed by atoms with van der Waals surface area (Å²) in [7, 11) is 0. The van der Waals surface area contributed by atoms with E-state index in [-0.39, 0.29) is 5.91 Å². The monoisotopic (exact) mass is 151 g/mol. The summed E-state index contributed by atoms with van der Waals surface area (Å²) in [4.78, 5) is 10.8. The molecule has 1 N–H and O–H groups in total. The molecule has 0 unspecified atom stereocenters. The van der Waals surface area contributed by atoms with Gasteiger partial charge in [-0.25, -0.2) is 0 Å². The van der Waals surface area contributed by atoms with E-state index in [1.54, 1.807) is 0 Å². The lowest BCUT2D eigenvalue weighted by atomic mass is 10.0. The van der Waals surface area contributed by atoms with Crippen molar-refractivity contribution in [2.45, 2.75) is 25.3 Å². The molecule has 0 aliphatic heterocycles. The van der Waals surface area contributed by atoms with Gasteiger partial charge < -0.3 is 5.32 Å². The molecule has 2 nitrogen and oxygen atoms in total. The standard InChI is InChI=1S/C9H13NO/c1-2-9(11)10-8-6-4-3-5-7-8/h2-4,8H,1,5-7H2,(H,10,11)/t8-/m0/s1. The van der Waals surface area contributed by atoms with Crippen LogP contribution in [0, 0.1) is 0 Å². The molecule has 1 atom stereocenters. The van der Waals surface area contributed by atoms with Crippen molar-refractivity contribution in [1.29, 1.82) is 0 Å². The molecule has 0 spiro atoms. The van der Waals surface area contributed by atoms with Crippen LogP contribution in [0.2, 0.25) is 0 Å². The molecule has 0 aromatic carbocycles. The van der Waals surface area contributed by atoms with E-state index in [0.29, 0.717) is 6.04 Å². The van der Waals surface area contributed by atoms with Crippen molar-refractivity contribution in [3.8, 4) is 0 Å². The lowest BCUT2D eigenvalue weighted by Gasteiger charge is -2.17. The molecule has 1 rings (SSSR count). The van der Waals surface area contributed by atoms with Gasteiger partial charge in [0, 0.05) is 6.04 Å². The zero-order valence-electron chi connectivity index (χ0n) is 6.55. The first-order valence-electron chi connectivity index (χ1n) is 3.91. The normalized spacial score (nSPS) is 22.7. The largest absolute Gasteiger partial charge is 0.350 e. The van der Waals surface area contributed by atoms with Gasteiger partial charge in [-0.2, -0.15) is 0 Å². The molecular weight excluding hydrogens is 138 g/mol. The molecule has 0 aromatic rings. The first-order valence-corrected chi connectivity index (χ1v) is 3.91. The molecule has 11 heavy (non-hydrogen) atoms. The van der Waals surface area contributed by atoms with Crippen molar-refractivity contribution in [1.82, 2.24) is 5.32 Å². The number of rotatable bonds is 2. The van der Waals surface area contributed by atoms with E-state index in [9.17, 15) is 4.79 Å². The number of nitrogens with one attached hydrogen (secondary N) is 1. The van der Waals surface area contributed by atoms with Crippen LogP contribution in [-0.4, -0.2) is 11.9 Å². The molecule has 0 heterocycles. The maximum Gasteiger partial charge on any atom is 0.243 e. The van der Waals surface area contributed by atoms with Crippen molar-refractivity contribution < 1.29 is 4.79 Å². The summed E-state index contributed by atoms with van der Waals surface area (Å²) in [6.07, 6.45) is 8.66. The molecule has 0 saturated carbocycles. The van der Waals surface area contributed by atoms with Crippen molar-refractivity contribution in [3.63, 3.8) is 0 Å². The average molecular weight is 151 g/mol. The van der Waals surface area contributed by atoms with Crippen LogP contribution in [-0.2, 0) is 4.79 Å². The zero-order valence-corrected chi connectivity index (χ0v) is 6.55. The Kier molecular flexibility index (Phi) is 2.90. The van der Waals surface area contributed by atoms with Crippen molar-refractivity contribution >= 4 is 5.91 Å². The molecule has 0 radical (unpaired) electrons. The van der Waals surface area contributed by atoms with E-state index in [2.05, 4.69) is 24.0 Å². The lowest BCUT2D eigenvalue weighted by molar-refractivity contribution is -0.117. The third-order valence-corrected chi connectivity index (χ3v) is 1.80. The molecule has 0 aromatic heterocycles. The molecule has 1 amide bonds. The summed E-state index contributed by atoms with van der Waals surface area (Å²) < 4.78 is 0. The van der Waals surface area contributed by atoms with Crippen LogP contribution in [0.4, 0.5) is 0 Å². The first-order chi connectivity index (χ1) is 5.33. The maximum atomic E-state index is 10.8. The SMILES string of the molecule is C=CC(=O)N[C@H]1CC=CCC1. The van der Waals surface area contributed by atoms with Gasteiger partial charge in [0.15, 0.2) is 0 Å². The second-order valence-electron chi connectivity index (χ2n) is 2.69. The van der Waals surface area contributed by atoms with E-state index in [4.69, 9.17) is 0 Å².